The summed E-state index contributed by atoms with van der Waals surface area (Å²) in [6.07, 6.45) is -0.770. The van der Waals surface area contributed by atoms with Gasteiger partial charge in [0.05, 0.1) is 19.3 Å². The van der Waals surface area contributed by atoms with Crippen molar-refractivity contribution in [2.45, 2.75) is 77.3 Å². The van der Waals surface area contributed by atoms with Crippen LogP contribution in [0.2, 0.25) is 21.8 Å². The van der Waals surface area contributed by atoms with Crippen molar-refractivity contribution in [3.8, 4) is 0 Å². The van der Waals surface area contributed by atoms with E-state index in [0.29, 0.717) is 34.2 Å². The molecule has 0 bridgehead atoms. The van der Waals surface area contributed by atoms with Gasteiger partial charge in [-0.15, -0.1) is 0 Å². The number of ether oxygens (including phenoxy) is 1. The van der Waals surface area contributed by atoms with Crippen LogP contribution in [0.15, 0.2) is 6.07 Å². The summed E-state index contributed by atoms with van der Waals surface area (Å²) >= 11 is 6.24. The molecule has 1 aliphatic heterocycles. The van der Waals surface area contributed by atoms with Crippen molar-refractivity contribution in [2.24, 2.45) is 0 Å². The Morgan fingerprint density at radius 2 is 1.82 bits per heavy atom. The van der Waals surface area contributed by atoms with Gasteiger partial charge < -0.3 is 19.2 Å². The zero-order valence-electron chi connectivity index (χ0n) is 18.3. The van der Waals surface area contributed by atoms with E-state index in [4.69, 9.17) is 20.8 Å². The lowest BCUT2D eigenvalue weighted by molar-refractivity contribution is 0.0527. The Hall–Kier alpha value is -0.733. The molecule has 8 heteroatoms. The Labute approximate surface area is 175 Å². The maximum atomic E-state index is 10.8. The van der Waals surface area contributed by atoms with Crippen LogP contribution in [0.4, 0.5) is 5.82 Å². The van der Waals surface area contributed by atoms with Gasteiger partial charge in [0.25, 0.3) is 0 Å². The third-order valence-corrected chi connectivity index (χ3v) is 12.0. The number of rotatable bonds is 8. The summed E-state index contributed by atoms with van der Waals surface area (Å²) in [5.41, 5.74) is 1.35. The van der Waals surface area contributed by atoms with Gasteiger partial charge in [0, 0.05) is 19.2 Å². The van der Waals surface area contributed by atoms with E-state index in [1.54, 1.807) is 6.07 Å². The van der Waals surface area contributed by atoms with Crippen LogP contribution in [-0.2, 0) is 9.16 Å². The maximum Gasteiger partial charge on any atom is 0.200 e. The number of morpholine rings is 1. The van der Waals surface area contributed by atoms with E-state index < -0.39 is 14.4 Å². The average Bonchev–Trinajstić information content (AvgIpc) is 2.60. The second-order valence-corrected chi connectivity index (χ2v) is 14.5. The van der Waals surface area contributed by atoms with Crippen LogP contribution in [-0.4, -0.2) is 55.8 Å². The highest BCUT2D eigenvalue weighted by Crippen LogP contribution is 2.42. The average molecular weight is 430 g/mol. The minimum Gasteiger partial charge on any atom is -0.413 e. The lowest BCUT2D eigenvalue weighted by atomic mass is 10.3. The van der Waals surface area contributed by atoms with E-state index in [1.807, 2.05) is 6.92 Å². The van der Waals surface area contributed by atoms with E-state index in [-0.39, 0.29) is 12.7 Å². The number of aliphatic hydroxyl groups is 1. The standard InChI is InChI=1S/C20H36ClN3O3Si/c1-13(2)28(14(3)4,15(5)6)27-12-17(25)20-22-18(21)10-19(23-20)24-8-9-26-16(7)11-24/h10,13-17,25H,8-9,11-12H2,1-7H3/t16-,17?/m0/s1. The second kappa shape index (κ2) is 9.85. The number of anilines is 1. The van der Waals surface area contributed by atoms with E-state index in [0.717, 1.165) is 18.9 Å². The quantitative estimate of drug-likeness (QED) is 0.481. The summed E-state index contributed by atoms with van der Waals surface area (Å²) < 4.78 is 12.1. The van der Waals surface area contributed by atoms with Gasteiger partial charge in [-0.3, -0.25) is 0 Å². The molecule has 1 aliphatic rings. The monoisotopic (exact) mass is 429 g/mol. The Balaban J connectivity index is 2.18. The Bertz CT molecular complexity index is 623. The number of aromatic nitrogens is 2. The van der Waals surface area contributed by atoms with Crippen molar-refractivity contribution in [2.75, 3.05) is 31.2 Å². The summed E-state index contributed by atoms with van der Waals surface area (Å²) in [6, 6.07) is 1.74. The first-order chi connectivity index (χ1) is 13.1. The number of aliphatic hydroxyl groups excluding tert-OH is 1. The molecule has 2 atom stereocenters. The molecule has 1 fully saturated rings. The van der Waals surface area contributed by atoms with Crippen LogP contribution in [0.25, 0.3) is 0 Å². The molecule has 0 radical (unpaired) electrons. The van der Waals surface area contributed by atoms with Gasteiger partial charge in [-0.25, -0.2) is 9.97 Å². The fraction of sp³-hybridized carbons (Fsp3) is 0.800. The fourth-order valence-electron chi connectivity index (χ4n) is 4.56. The Kier molecular flexibility index (Phi) is 8.28. The molecule has 0 saturated carbocycles. The lowest BCUT2D eigenvalue weighted by Gasteiger charge is -2.42. The molecule has 2 heterocycles. The Morgan fingerprint density at radius 3 is 2.36 bits per heavy atom. The van der Waals surface area contributed by atoms with Crippen molar-refractivity contribution in [1.82, 2.24) is 9.97 Å². The number of nitrogens with zero attached hydrogens (tertiary/aromatic N) is 3. The summed E-state index contributed by atoms with van der Waals surface area (Å²) in [7, 11) is -2.07. The molecule has 1 aromatic rings. The van der Waals surface area contributed by atoms with E-state index in [2.05, 4.69) is 56.4 Å². The number of halogens is 1. The number of hydrogen-bond donors (Lipinski definition) is 1. The molecule has 6 nitrogen and oxygen atoms in total. The molecular weight excluding hydrogens is 394 g/mol. The molecule has 0 spiro atoms. The van der Waals surface area contributed by atoms with E-state index in [1.165, 1.54) is 0 Å². The van der Waals surface area contributed by atoms with Gasteiger partial charge in [0.1, 0.15) is 17.1 Å². The molecule has 1 N–H and O–H groups in total. The summed E-state index contributed by atoms with van der Waals surface area (Å²) in [5.74, 6) is 1.05. The van der Waals surface area contributed by atoms with Gasteiger partial charge in [-0.2, -0.15) is 0 Å². The lowest BCUT2D eigenvalue weighted by Crippen LogP contribution is -2.48. The first kappa shape index (κ1) is 23.5. The predicted molar refractivity (Wildman–Crippen MR) is 117 cm³/mol. The van der Waals surface area contributed by atoms with Crippen LogP contribution in [0.3, 0.4) is 0 Å². The van der Waals surface area contributed by atoms with Gasteiger partial charge in [-0.05, 0) is 23.5 Å². The van der Waals surface area contributed by atoms with Gasteiger partial charge in [0.2, 0.25) is 0 Å². The van der Waals surface area contributed by atoms with E-state index in [9.17, 15) is 5.11 Å². The maximum absolute atomic E-state index is 10.8. The van der Waals surface area contributed by atoms with Gasteiger partial charge in [-0.1, -0.05) is 53.1 Å². The zero-order chi connectivity index (χ0) is 21.1. The smallest absolute Gasteiger partial charge is 0.200 e. The van der Waals surface area contributed by atoms with Gasteiger partial charge >= 0.3 is 0 Å². The normalized spacial score (nSPS) is 19.7. The van der Waals surface area contributed by atoms with Gasteiger partial charge in [0.15, 0.2) is 14.1 Å². The summed E-state index contributed by atoms with van der Waals surface area (Å²) in [6.45, 7) is 17.7. The molecule has 0 aromatic carbocycles. The molecule has 1 unspecified atom stereocenters. The minimum absolute atomic E-state index is 0.133. The third kappa shape index (κ3) is 5.24. The van der Waals surface area contributed by atoms with Crippen LogP contribution in [0.1, 0.15) is 60.4 Å². The molecule has 0 aliphatic carbocycles. The van der Waals surface area contributed by atoms with Crippen molar-refractivity contribution in [3.63, 3.8) is 0 Å². The molecule has 28 heavy (non-hydrogen) atoms. The molecular formula is C20H36ClN3O3Si. The third-order valence-electron chi connectivity index (χ3n) is 5.76. The summed E-state index contributed by atoms with van der Waals surface area (Å²) in [4.78, 5) is 11.0. The van der Waals surface area contributed by atoms with Crippen molar-refractivity contribution in [1.29, 1.82) is 0 Å². The highest BCUT2D eigenvalue weighted by atomic mass is 35.5. The minimum atomic E-state index is -2.07. The van der Waals surface area contributed by atoms with E-state index >= 15 is 0 Å². The zero-order valence-corrected chi connectivity index (χ0v) is 20.0. The van der Waals surface area contributed by atoms with Crippen LogP contribution >= 0.6 is 11.6 Å². The largest absolute Gasteiger partial charge is 0.413 e. The highest BCUT2D eigenvalue weighted by Gasteiger charge is 2.45. The molecule has 0 amide bonds. The topological polar surface area (TPSA) is 67.7 Å². The first-order valence-electron chi connectivity index (χ1n) is 10.3. The molecule has 1 saturated heterocycles. The van der Waals surface area contributed by atoms with Crippen molar-refractivity contribution < 1.29 is 14.3 Å². The van der Waals surface area contributed by atoms with Crippen LogP contribution < -0.4 is 4.90 Å². The van der Waals surface area contributed by atoms with Crippen molar-refractivity contribution >= 4 is 25.7 Å². The molecule has 2 rings (SSSR count). The SMILES string of the molecule is CC(C)[Si](OCC(O)c1nc(Cl)cc(N2CCO[C@@H](C)C2)n1)(C(C)C)C(C)C. The van der Waals surface area contributed by atoms with Crippen LogP contribution in [0.5, 0.6) is 0 Å². The van der Waals surface area contributed by atoms with Crippen LogP contribution in [0, 0.1) is 0 Å². The fourth-order valence-corrected chi connectivity index (χ4v) is 10.2. The Morgan fingerprint density at radius 1 is 1.21 bits per heavy atom. The highest BCUT2D eigenvalue weighted by molar-refractivity contribution is 6.77. The molecule has 1 aromatic heterocycles. The molecule has 160 valence electrons. The first-order valence-corrected chi connectivity index (χ1v) is 12.8. The predicted octanol–water partition coefficient (Wildman–Crippen LogP) is 4.58. The van der Waals surface area contributed by atoms with Crippen molar-refractivity contribution in [3.05, 3.63) is 17.0 Å². The summed E-state index contributed by atoms with van der Waals surface area (Å²) in [5, 5.41) is 11.1. The number of hydrogen-bond acceptors (Lipinski definition) is 6. The second-order valence-electron chi connectivity index (χ2n) is 8.68.